The fourth-order valence-corrected chi connectivity index (χ4v) is 1.09. The first kappa shape index (κ1) is 14.2. The number of halogens is 1. The van der Waals surface area contributed by atoms with Crippen molar-refractivity contribution in [1.82, 2.24) is 10.6 Å². The number of carbonyl (C=O) groups is 2. The van der Waals surface area contributed by atoms with Crippen LogP contribution >= 0.6 is 11.6 Å². The minimum absolute atomic E-state index is 0.161. The van der Waals surface area contributed by atoms with Crippen LogP contribution in [0.25, 0.3) is 0 Å². The highest BCUT2D eigenvalue weighted by Gasteiger charge is 2.14. The number of nitrogens with one attached hydrogen (secondary N) is 2. The number of hydrogen-bond donors (Lipinski definition) is 2. The molecule has 2 N–H and O–H groups in total. The SMILES string of the molecule is CC(C)CNC(=O)C(C)NC(=O)CCCl. The fourth-order valence-electron chi connectivity index (χ4n) is 0.923. The van der Waals surface area contributed by atoms with Gasteiger partial charge in [0.2, 0.25) is 11.8 Å². The zero-order valence-corrected chi connectivity index (χ0v) is 10.2. The van der Waals surface area contributed by atoms with E-state index in [1.807, 2.05) is 13.8 Å². The molecule has 0 fully saturated rings. The first-order valence-electron chi connectivity index (χ1n) is 5.10. The summed E-state index contributed by atoms with van der Waals surface area (Å²) in [5.74, 6) is 0.315. The third-order valence-corrected chi connectivity index (χ3v) is 1.97. The van der Waals surface area contributed by atoms with Gasteiger partial charge in [-0.1, -0.05) is 13.8 Å². The van der Waals surface area contributed by atoms with E-state index in [2.05, 4.69) is 10.6 Å². The van der Waals surface area contributed by atoms with Crippen molar-refractivity contribution in [3.8, 4) is 0 Å². The van der Waals surface area contributed by atoms with Crippen LogP contribution in [0.15, 0.2) is 0 Å². The van der Waals surface area contributed by atoms with Crippen LogP contribution < -0.4 is 10.6 Å². The van der Waals surface area contributed by atoms with Crippen LogP contribution in [0.1, 0.15) is 27.2 Å². The first-order valence-corrected chi connectivity index (χ1v) is 5.63. The summed E-state index contributed by atoms with van der Waals surface area (Å²) < 4.78 is 0. The van der Waals surface area contributed by atoms with Gasteiger partial charge in [0.05, 0.1) is 0 Å². The highest BCUT2D eigenvalue weighted by Crippen LogP contribution is 1.91. The second kappa shape index (κ2) is 7.51. The molecule has 4 nitrogen and oxygen atoms in total. The summed E-state index contributed by atoms with van der Waals surface area (Å²) >= 11 is 5.40. The van der Waals surface area contributed by atoms with E-state index in [0.29, 0.717) is 12.5 Å². The molecule has 0 aromatic heterocycles. The van der Waals surface area contributed by atoms with Gasteiger partial charge >= 0.3 is 0 Å². The summed E-state index contributed by atoms with van der Waals surface area (Å²) in [5.41, 5.74) is 0. The Balaban J connectivity index is 3.83. The van der Waals surface area contributed by atoms with Crippen LogP contribution in [0, 0.1) is 5.92 Å². The smallest absolute Gasteiger partial charge is 0.242 e. The Morgan fingerprint density at radius 1 is 1.27 bits per heavy atom. The largest absolute Gasteiger partial charge is 0.354 e. The number of alkyl halides is 1. The Morgan fingerprint density at radius 2 is 1.87 bits per heavy atom. The Labute approximate surface area is 95.7 Å². The third-order valence-electron chi connectivity index (χ3n) is 1.78. The second-order valence-corrected chi connectivity index (χ2v) is 4.25. The Bertz CT molecular complexity index is 219. The summed E-state index contributed by atoms with van der Waals surface area (Å²) in [7, 11) is 0. The molecule has 0 saturated carbocycles. The van der Waals surface area contributed by atoms with Gasteiger partial charge in [0, 0.05) is 18.8 Å². The lowest BCUT2D eigenvalue weighted by Gasteiger charge is -2.14. The molecule has 2 amide bonds. The van der Waals surface area contributed by atoms with Crippen LogP contribution in [0.3, 0.4) is 0 Å². The topological polar surface area (TPSA) is 58.2 Å². The fraction of sp³-hybridized carbons (Fsp3) is 0.800. The lowest BCUT2D eigenvalue weighted by molar-refractivity contribution is -0.128. The van der Waals surface area contributed by atoms with Gasteiger partial charge in [-0.3, -0.25) is 9.59 Å². The molecule has 15 heavy (non-hydrogen) atoms. The maximum absolute atomic E-state index is 11.4. The molecule has 0 heterocycles. The normalized spacial score (nSPS) is 12.3. The molecule has 0 aromatic carbocycles. The lowest BCUT2D eigenvalue weighted by atomic mass is 10.2. The van der Waals surface area contributed by atoms with Crippen molar-refractivity contribution in [3.63, 3.8) is 0 Å². The molecule has 0 bridgehead atoms. The lowest BCUT2D eigenvalue weighted by Crippen LogP contribution is -2.45. The van der Waals surface area contributed by atoms with Gasteiger partial charge in [0.15, 0.2) is 0 Å². The molecule has 0 rings (SSSR count). The van der Waals surface area contributed by atoms with Gasteiger partial charge < -0.3 is 10.6 Å². The molecule has 1 unspecified atom stereocenters. The number of rotatable bonds is 6. The molecule has 0 saturated heterocycles. The van der Waals surface area contributed by atoms with E-state index in [1.54, 1.807) is 6.92 Å². The molecule has 5 heteroatoms. The van der Waals surface area contributed by atoms with Gasteiger partial charge in [-0.25, -0.2) is 0 Å². The van der Waals surface area contributed by atoms with Gasteiger partial charge in [0.1, 0.15) is 6.04 Å². The standard InChI is InChI=1S/C10H19ClN2O2/c1-7(2)6-12-10(15)8(3)13-9(14)4-5-11/h7-8H,4-6H2,1-3H3,(H,12,15)(H,13,14). The molecule has 0 aliphatic heterocycles. The van der Waals surface area contributed by atoms with Crippen molar-refractivity contribution in [2.75, 3.05) is 12.4 Å². The van der Waals surface area contributed by atoms with Crippen LogP contribution in [0.2, 0.25) is 0 Å². The van der Waals surface area contributed by atoms with E-state index in [0.717, 1.165) is 0 Å². The average molecular weight is 235 g/mol. The van der Waals surface area contributed by atoms with Gasteiger partial charge in [-0.15, -0.1) is 11.6 Å². The predicted octanol–water partition coefficient (Wildman–Crippen LogP) is 0.892. The second-order valence-electron chi connectivity index (χ2n) is 3.87. The highest BCUT2D eigenvalue weighted by atomic mass is 35.5. The minimum Gasteiger partial charge on any atom is -0.354 e. The molecule has 0 aromatic rings. The van der Waals surface area contributed by atoms with Gasteiger partial charge in [-0.2, -0.15) is 0 Å². The van der Waals surface area contributed by atoms with E-state index in [-0.39, 0.29) is 24.1 Å². The molecule has 88 valence electrons. The van der Waals surface area contributed by atoms with Crippen LogP contribution in [-0.2, 0) is 9.59 Å². The molecule has 1 atom stereocenters. The quantitative estimate of drug-likeness (QED) is 0.671. The maximum atomic E-state index is 11.4. The van der Waals surface area contributed by atoms with E-state index in [1.165, 1.54) is 0 Å². The zero-order chi connectivity index (χ0) is 11.8. The molecular weight excluding hydrogens is 216 g/mol. The van der Waals surface area contributed by atoms with Crippen LogP contribution in [0.4, 0.5) is 0 Å². The maximum Gasteiger partial charge on any atom is 0.242 e. The summed E-state index contributed by atoms with van der Waals surface area (Å²) in [5, 5.41) is 5.31. The summed E-state index contributed by atoms with van der Waals surface area (Å²) in [6.07, 6.45) is 0.239. The molecule has 0 aliphatic rings. The molecule has 0 aliphatic carbocycles. The molecular formula is C10H19ClN2O2. The number of carbonyl (C=O) groups excluding carboxylic acids is 2. The molecule has 0 radical (unpaired) electrons. The Kier molecular flexibility index (Phi) is 7.13. The van der Waals surface area contributed by atoms with E-state index in [4.69, 9.17) is 11.6 Å². The minimum atomic E-state index is -0.500. The first-order chi connectivity index (χ1) is 6.97. The Hall–Kier alpha value is -0.770. The van der Waals surface area contributed by atoms with Gasteiger partial charge in [0.25, 0.3) is 0 Å². The summed E-state index contributed by atoms with van der Waals surface area (Å²) in [6, 6.07) is -0.500. The highest BCUT2D eigenvalue weighted by molar-refractivity contribution is 6.18. The summed E-state index contributed by atoms with van der Waals surface area (Å²) in [6.45, 7) is 6.30. The predicted molar refractivity (Wildman–Crippen MR) is 60.8 cm³/mol. The van der Waals surface area contributed by atoms with Gasteiger partial charge in [-0.05, 0) is 12.8 Å². The van der Waals surface area contributed by atoms with Crippen LogP contribution in [-0.4, -0.2) is 30.3 Å². The van der Waals surface area contributed by atoms with Crippen molar-refractivity contribution < 1.29 is 9.59 Å². The number of amides is 2. The van der Waals surface area contributed by atoms with Crippen molar-refractivity contribution in [2.24, 2.45) is 5.92 Å². The summed E-state index contributed by atoms with van der Waals surface area (Å²) in [4.78, 5) is 22.5. The monoisotopic (exact) mass is 234 g/mol. The average Bonchev–Trinajstić information content (AvgIpc) is 2.14. The van der Waals surface area contributed by atoms with Crippen molar-refractivity contribution in [1.29, 1.82) is 0 Å². The van der Waals surface area contributed by atoms with Crippen molar-refractivity contribution >= 4 is 23.4 Å². The Morgan fingerprint density at radius 3 is 2.33 bits per heavy atom. The zero-order valence-electron chi connectivity index (χ0n) is 9.47. The van der Waals surface area contributed by atoms with Crippen molar-refractivity contribution in [2.45, 2.75) is 33.2 Å². The van der Waals surface area contributed by atoms with Crippen LogP contribution in [0.5, 0.6) is 0 Å². The van der Waals surface area contributed by atoms with E-state index >= 15 is 0 Å². The molecule has 0 spiro atoms. The third kappa shape index (κ3) is 7.19. The number of hydrogen-bond acceptors (Lipinski definition) is 2. The van der Waals surface area contributed by atoms with E-state index < -0.39 is 6.04 Å². The van der Waals surface area contributed by atoms with E-state index in [9.17, 15) is 9.59 Å². The van der Waals surface area contributed by atoms with Crippen molar-refractivity contribution in [3.05, 3.63) is 0 Å².